The molecule has 0 saturated carbocycles. The topological polar surface area (TPSA) is 79.7 Å². The summed E-state index contributed by atoms with van der Waals surface area (Å²) in [6, 6.07) is 3.90. The van der Waals surface area contributed by atoms with Crippen LogP contribution in [0.4, 0.5) is 4.39 Å². The van der Waals surface area contributed by atoms with Crippen molar-refractivity contribution in [3.63, 3.8) is 0 Å². The van der Waals surface area contributed by atoms with Crippen LogP contribution in [0.3, 0.4) is 0 Å². The number of ether oxygens (including phenoxy) is 3. The van der Waals surface area contributed by atoms with Crippen molar-refractivity contribution in [2.45, 2.75) is 44.8 Å². The van der Waals surface area contributed by atoms with E-state index in [4.69, 9.17) is 26.4 Å². The number of fused-ring (bicyclic) bond motifs is 1. The fraction of sp³-hybridized carbons (Fsp3) is 0.421. The summed E-state index contributed by atoms with van der Waals surface area (Å²) in [4.78, 5) is 29.8. The van der Waals surface area contributed by atoms with E-state index in [-0.39, 0.29) is 29.5 Å². The van der Waals surface area contributed by atoms with Gasteiger partial charge in [-0.15, -0.1) is 0 Å². The van der Waals surface area contributed by atoms with E-state index in [1.165, 1.54) is 41.8 Å². The number of rotatable bonds is 4. The van der Waals surface area contributed by atoms with Crippen LogP contribution in [-0.4, -0.2) is 39.9 Å². The standard InChI is InChI=1S/C19H20BFN2O5S/c1-18(2,3)28-16(25)19(8-6-14-22-9-7-15(24)23(14)19)11-26-17(29)27-13-5-4-12(21)10-20-13/h4-5,7,9-10H,6,8,11H2,1-3H3. The molecule has 0 aromatic carbocycles. The van der Waals surface area contributed by atoms with Crippen LogP contribution in [0.25, 0.3) is 0 Å². The van der Waals surface area contributed by atoms with Gasteiger partial charge in [0.05, 0.1) is 0 Å². The third-order valence-electron chi connectivity index (χ3n) is 4.33. The van der Waals surface area contributed by atoms with Gasteiger partial charge in [0.1, 0.15) is 0 Å². The molecule has 1 unspecified atom stereocenters. The Labute approximate surface area is 173 Å². The van der Waals surface area contributed by atoms with Crippen molar-refractivity contribution < 1.29 is 23.4 Å². The summed E-state index contributed by atoms with van der Waals surface area (Å²) < 4.78 is 30.8. The first kappa shape index (κ1) is 21.1. The summed E-state index contributed by atoms with van der Waals surface area (Å²) in [6.45, 7) is 6.35. The second kappa shape index (κ2) is 8.02. The Kier molecular flexibility index (Phi) is 5.84. The fourth-order valence-corrected chi connectivity index (χ4v) is 3.24. The molecule has 1 aliphatic heterocycles. The Balaban J connectivity index is 1.84. The Bertz CT molecular complexity index is 989. The molecular weight excluding hydrogens is 398 g/mol. The number of aromatic nitrogens is 2. The van der Waals surface area contributed by atoms with E-state index in [1.54, 1.807) is 20.8 Å². The van der Waals surface area contributed by atoms with Gasteiger partial charge >= 0.3 is 173 Å². The second-order valence-electron chi connectivity index (χ2n) is 7.66. The SMILES string of the molecule is CC(C)(C)OC(=O)C1(COC(=S)Oc2bcc(F)cc2)CCc2nccc(=O)n21. The van der Waals surface area contributed by atoms with Crippen LogP contribution in [0, 0.1) is 5.82 Å². The molecule has 0 amide bonds. The summed E-state index contributed by atoms with van der Waals surface area (Å²) in [6.07, 6.45) is 2.08. The third-order valence-corrected chi connectivity index (χ3v) is 4.53. The minimum absolute atomic E-state index is 0.259. The number of carbonyl (C=O) groups excluding carboxylic acids is 1. The predicted octanol–water partition coefficient (Wildman–Crippen LogP) is 2.08. The van der Waals surface area contributed by atoms with Crippen molar-refractivity contribution in [2.75, 3.05) is 6.61 Å². The molecule has 0 saturated heterocycles. The summed E-state index contributed by atoms with van der Waals surface area (Å²) >= 11 is 5.09. The number of halogens is 1. The van der Waals surface area contributed by atoms with Gasteiger partial charge in [0.2, 0.25) is 0 Å². The van der Waals surface area contributed by atoms with Crippen molar-refractivity contribution in [3.8, 4) is 5.64 Å². The van der Waals surface area contributed by atoms with Crippen molar-refractivity contribution in [1.29, 1.82) is 0 Å². The van der Waals surface area contributed by atoms with Gasteiger partial charge in [-0.2, -0.15) is 0 Å². The molecule has 3 heterocycles. The van der Waals surface area contributed by atoms with Gasteiger partial charge in [0.25, 0.3) is 0 Å². The number of carbonyl (C=O) groups is 1. The molecular formula is C19H20BFN2O5S. The van der Waals surface area contributed by atoms with E-state index >= 15 is 0 Å². The molecule has 0 radical (unpaired) electrons. The van der Waals surface area contributed by atoms with Crippen LogP contribution in [0.15, 0.2) is 35.2 Å². The van der Waals surface area contributed by atoms with Crippen LogP contribution in [0.1, 0.15) is 33.0 Å². The maximum atomic E-state index is 13.1. The van der Waals surface area contributed by atoms with Gasteiger partial charge in [0.15, 0.2) is 0 Å². The molecule has 29 heavy (non-hydrogen) atoms. The molecule has 0 N–H and O–H groups in total. The molecule has 2 aromatic heterocycles. The molecule has 1 atom stereocenters. The van der Waals surface area contributed by atoms with Crippen LogP contribution < -0.4 is 10.3 Å². The van der Waals surface area contributed by atoms with Gasteiger partial charge < -0.3 is 0 Å². The second-order valence-corrected chi connectivity index (χ2v) is 8.00. The molecule has 1 aliphatic rings. The number of hydrogen-bond donors (Lipinski definition) is 0. The van der Waals surface area contributed by atoms with Crippen LogP contribution >= 0.6 is 12.2 Å². The van der Waals surface area contributed by atoms with Crippen molar-refractivity contribution >= 4 is 30.3 Å². The van der Waals surface area contributed by atoms with E-state index in [0.29, 0.717) is 12.2 Å². The summed E-state index contributed by atoms with van der Waals surface area (Å²) in [7, 11) is 0. The Morgan fingerprint density at radius 3 is 2.79 bits per heavy atom. The van der Waals surface area contributed by atoms with Gasteiger partial charge in [-0.25, -0.2) is 0 Å². The first-order valence-corrected chi connectivity index (χ1v) is 9.43. The van der Waals surface area contributed by atoms with Crippen molar-refractivity contribution in [1.82, 2.24) is 9.55 Å². The average Bonchev–Trinajstić information content (AvgIpc) is 3.02. The quantitative estimate of drug-likeness (QED) is 0.556. The Morgan fingerprint density at radius 2 is 2.14 bits per heavy atom. The summed E-state index contributed by atoms with van der Waals surface area (Å²) in [5, 5.41) is -0.259. The first-order chi connectivity index (χ1) is 13.6. The van der Waals surface area contributed by atoms with Gasteiger partial charge in [-0.1, -0.05) is 0 Å². The summed E-state index contributed by atoms with van der Waals surface area (Å²) in [5.74, 6) is 0.668. The summed E-state index contributed by atoms with van der Waals surface area (Å²) in [5.41, 5.74) is -2.27. The average molecular weight is 418 g/mol. The first-order valence-electron chi connectivity index (χ1n) is 9.02. The van der Waals surface area contributed by atoms with E-state index in [0.717, 1.165) is 0 Å². The molecule has 152 valence electrons. The van der Waals surface area contributed by atoms with E-state index in [1.807, 2.05) is 0 Å². The number of nitrogens with zero attached hydrogens (tertiary/aromatic N) is 2. The molecule has 0 aliphatic carbocycles. The van der Waals surface area contributed by atoms with Gasteiger partial charge in [-0.3, -0.25) is 0 Å². The van der Waals surface area contributed by atoms with Crippen molar-refractivity contribution in [2.24, 2.45) is 0 Å². The maximum absolute atomic E-state index is 13.1. The zero-order valence-electron chi connectivity index (χ0n) is 16.3. The zero-order chi connectivity index (χ0) is 21.2. The van der Waals surface area contributed by atoms with Crippen molar-refractivity contribution in [3.05, 3.63) is 52.4 Å². The fourth-order valence-electron chi connectivity index (χ4n) is 3.08. The van der Waals surface area contributed by atoms with Gasteiger partial charge in [0, 0.05) is 0 Å². The zero-order valence-corrected chi connectivity index (χ0v) is 17.1. The molecule has 7 nitrogen and oxygen atoms in total. The molecule has 0 spiro atoms. The third kappa shape index (κ3) is 4.69. The molecule has 0 bridgehead atoms. The molecule has 10 heteroatoms. The Morgan fingerprint density at radius 1 is 1.38 bits per heavy atom. The number of aryl methyl sites for hydroxylation is 1. The van der Waals surface area contributed by atoms with Gasteiger partial charge in [-0.05, 0) is 0 Å². The normalized spacial score (nSPS) is 17.9. The number of hydrogen-bond acceptors (Lipinski definition) is 7. The van der Waals surface area contributed by atoms with E-state index in [2.05, 4.69) is 4.98 Å². The van der Waals surface area contributed by atoms with E-state index < -0.39 is 22.9 Å². The monoisotopic (exact) mass is 418 g/mol. The predicted molar refractivity (Wildman–Crippen MR) is 108 cm³/mol. The molecule has 3 rings (SSSR count). The molecule has 0 fully saturated rings. The minimum atomic E-state index is -1.41. The van der Waals surface area contributed by atoms with E-state index in [9.17, 15) is 14.0 Å². The van der Waals surface area contributed by atoms with Crippen LogP contribution in [-0.2, 0) is 26.2 Å². The van der Waals surface area contributed by atoms with Crippen LogP contribution in [0.2, 0.25) is 0 Å². The number of esters is 1. The molecule has 2 aromatic rings. The Hall–Kier alpha value is -2.62. The van der Waals surface area contributed by atoms with Crippen LogP contribution in [0.5, 0.6) is 5.64 Å². The number of thiocarbonyl (C=S) groups is 1.